The van der Waals surface area contributed by atoms with Crippen LogP contribution in [0.3, 0.4) is 0 Å². The molecule has 0 heterocycles. The Bertz CT molecular complexity index is 549. The van der Waals surface area contributed by atoms with Gasteiger partial charge in [-0.15, -0.1) is 0 Å². The Labute approximate surface area is 121 Å². The standard InChI is InChI=1S/C14H18F2N2O3/c1-4-14(5-2,6-3)17-13(19)10-7-9(15)8-11(12(10)16)18(20)21/h7-8H,4-6H2,1-3H3,(H,17,19). The molecule has 1 aromatic rings. The highest BCUT2D eigenvalue weighted by Crippen LogP contribution is 2.25. The van der Waals surface area contributed by atoms with Gasteiger partial charge >= 0.3 is 5.69 Å². The van der Waals surface area contributed by atoms with Crippen LogP contribution in [0.1, 0.15) is 50.4 Å². The van der Waals surface area contributed by atoms with Crippen molar-refractivity contribution in [1.82, 2.24) is 5.32 Å². The molecule has 0 radical (unpaired) electrons. The maximum absolute atomic E-state index is 14.0. The van der Waals surface area contributed by atoms with Crippen LogP contribution in [0.2, 0.25) is 0 Å². The largest absolute Gasteiger partial charge is 0.347 e. The number of halogens is 2. The number of rotatable bonds is 6. The van der Waals surface area contributed by atoms with E-state index in [9.17, 15) is 23.7 Å². The number of nitro benzene ring substituents is 1. The maximum Gasteiger partial charge on any atom is 0.308 e. The first kappa shape index (κ1) is 17.0. The summed E-state index contributed by atoms with van der Waals surface area (Å²) in [7, 11) is 0. The maximum atomic E-state index is 14.0. The summed E-state index contributed by atoms with van der Waals surface area (Å²) >= 11 is 0. The Balaban J connectivity index is 3.22. The van der Waals surface area contributed by atoms with Crippen LogP contribution >= 0.6 is 0 Å². The summed E-state index contributed by atoms with van der Waals surface area (Å²) in [5.41, 5.74) is -2.23. The van der Waals surface area contributed by atoms with Crippen molar-refractivity contribution in [1.29, 1.82) is 0 Å². The summed E-state index contributed by atoms with van der Waals surface area (Å²) in [6.07, 6.45) is 1.85. The summed E-state index contributed by atoms with van der Waals surface area (Å²) < 4.78 is 27.3. The minimum atomic E-state index is -1.32. The Morgan fingerprint density at radius 2 is 1.76 bits per heavy atom. The van der Waals surface area contributed by atoms with E-state index in [0.717, 1.165) is 0 Å². The molecule has 0 aromatic heterocycles. The van der Waals surface area contributed by atoms with Crippen molar-refractivity contribution in [2.75, 3.05) is 0 Å². The predicted molar refractivity (Wildman–Crippen MR) is 74.1 cm³/mol. The summed E-state index contributed by atoms with van der Waals surface area (Å²) in [4.78, 5) is 21.8. The van der Waals surface area contributed by atoms with Crippen molar-refractivity contribution >= 4 is 11.6 Å². The topological polar surface area (TPSA) is 72.2 Å². The fourth-order valence-corrected chi connectivity index (χ4v) is 2.20. The number of benzene rings is 1. The minimum Gasteiger partial charge on any atom is -0.347 e. The normalized spacial score (nSPS) is 11.3. The molecule has 7 heteroatoms. The Morgan fingerprint density at radius 3 is 2.19 bits per heavy atom. The zero-order chi connectivity index (χ0) is 16.2. The van der Waals surface area contributed by atoms with Gasteiger partial charge in [0.1, 0.15) is 5.82 Å². The molecular formula is C14H18F2N2O3. The van der Waals surface area contributed by atoms with E-state index in [-0.39, 0.29) is 0 Å². The van der Waals surface area contributed by atoms with E-state index in [4.69, 9.17) is 0 Å². The van der Waals surface area contributed by atoms with Crippen LogP contribution in [-0.4, -0.2) is 16.4 Å². The van der Waals surface area contributed by atoms with E-state index < -0.39 is 39.3 Å². The van der Waals surface area contributed by atoms with Crippen LogP contribution in [0.15, 0.2) is 12.1 Å². The Kier molecular flexibility index (Phi) is 5.34. The monoisotopic (exact) mass is 300 g/mol. The molecule has 1 amide bonds. The van der Waals surface area contributed by atoms with Gasteiger partial charge in [-0.25, -0.2) is 4.39 Å². The quantitative estimate of drug-likeness (QED) is 0.644. The number of nitrogens with zero attached hydrogens (tertiary/aromatic N) is 1. The van der Waals surface area contributed by atoms with Gasteiger partial charge in [-0.2, -0.15) is 4.39 Å². The fraction of sp³-hybridized carbons (Fsp3) is 0.500. The van der Waals surface area contributed by atoms with E-state index in [0.29, 0.717) is 31.4 Å². The van der Waals surface area contributed by atoms with E-state index in [2.05, 4.69) is 5.32 Å². The van der Waals surface area contributed by atoms with Gasteiger partial charge in [-0.05, 0) is 25.3 Å². The second-order valence-corrected chi connectivity index (χ2v) is 4.84. The molecule has 0 saturated heterocycles. The average molecular weight is 300 g/mol. The molecule has 1 aromatic carbocycles. The van der Waals surface area contributed by atoms with Crippen LogP contribution in [0, 0.1) is 21.7 Å². The second kappa shape index (κ2) is 6.60. The number of hydrogen-bond donors (Lipinski definition) is 1. The van der Waals surface area contributed by atoms with Crippen LogP contribution in [0.25, 0.3) is 0 Å². The van der Waals surface area contributed by atoms with Gasteiger partial charge in [0, 0.05) is 5.54 Å². The van der Waals surface area contributed by atoms with E-state index in [1.165, 1.54) is 0 Å². The fourth-order valence-electron chi connectivity index (χ4n) is 2.20. The van der Waals surface area contributed by atoms with E-state index in [1.54, 1.807) is 0 Å². The van der Waals surface area contributed by atoms with Gasteiger partial charge < -0.3 is 5.32 Å². The van der Waals surface area contributed by atoms with Crippen LogP contribution < -0.4 is 5.32 Å². The van der Waals surface area contributed by atoms with Crippen molar-refractivity contribution < 1.29 is 18.5 Å². The molecule has 0 spiro atoms. The molecule has 0 aliphatic rings. The van der Waals surface area contributed by atoms with Gasteiger partial charge in [0.15, 0.2) is 0 Å². The number of amides is 1. The molecule has 21 heavy (non-hydrogen) atoms. The number of hydrogen-bond acceptors (Lipinski definition) is 3. The molecule has 0 unspecified atom stereocenters. The zero-order valence-electron chi connectivity index (χ0n) is 12.2. The second-order valence-electron chi connectivity index (χ2n) is 4.84. The number of carbonyl (C=O) groups excluding carboxylic acids is 1. The van der Waals surface area contributed by atoms with E-state index in [1.807, 2.05) is 20.8 Å². The van der Waals surface area contributed by atoms with Crippen LogP contribution in [0.4, 0.5) is 14.5 Å². The molecule has 116 valence electrons. The smallest absolute Gasteiger partial charge is 0.308 e. The third-order valence-electron chi connectivity index (χ3n) is 3.87. The molecule has 0 aliphatic heterocycles. The van der Waals surface area contributed by atoms with Gasteiger partial charge in [-0.3, -0.25) is 14.9 Å². The lowest BCUT2D eigenvalue weighted by Crippen LogP contribution is -2.47. The minimum absolute atomic E-state index is 0.457. The summed E-state index contributed by atoms with van der Waals surface area (Å²) in [5.74, 6) is -3.19. The molecule has 0 atom stereocenters. The molecular weight excluding hydrogens is 282 g/mol. The third kappa shape index (κ3) is 3.53. The van der Waals surface area contributed by atoms with Crippen molar-refractivity contribution in [2.45, 2.75) is 45.6 Å². The van der Waals surface area contributed by atoms with Crippen molar-refractivity contribution in [3.05, 3.63) is 39.4 Å². The van der Waals surface area contributed by atoms with Gasteiger partial charge in [0.2, 0.25) is 5.82 Å². The van der Waals surface area contributed by atoms with Crippen molar-refractivity contribution in [3.63, 3.8) is 0 Å². The first-order valence-corrected chi connectivity index (χ1v) is 6.76. The average Bonchev–Trinajstić information content (AvgIpc) is 2.46. The van der Waals surface area contributed by atoms with Crippen molar-refractivity contribution in [3.8, 4) is 0 Å². The predicted octanol–water partition coefficient (Wildman–Crippen LogP) is 3.57. The zero-order valence-corrected chi connectivity index (χ0v) is 12.2. The summed E-state index contributed by atoms with van der Waals surface area (Å²) in [5, 5.41) is 13.3. The summed E-state index contributed by atoms with van der Waals surface area (Å²) in [6.45, 7) is 5.62. The van der Waals surface area contributed by atoms with E-state index >= 15 is 0 Å². The molecule has 0 fully saturated rings. The first-order valence-electron chi connectivity index (χ1n) is 6.76. The van der Waals surface area contributed by atoms with Gasteiger partial charge in [0.05, 0.1) is 16.6 Å². The van der Waals surface area contributed by atoms with Gasteiger partial charge in [-0.1, -0.05) is 20.8 Å². The van der Waals surface area contributed by atoms with Crippen molar-refractivity contribution in [2.24, 2.45) is 0 Å². The molecule has 1 N–H and O–H groups in total. The molecule has 0 saturated carbocycles. The molecule has 1 rings (SSSR count). The summed E-state index contributed by atoms with van der Waals surface area (Å²) in [6, 6.07) is 1.13. The molecule has 0 bridgehead atoms. The number of carbonyl (C=O) groups is 1. The number of nitro groups is 1. The highest BCUT2D eigenvalue weighted by molar-refractivity contribution is 5.95. The Morgan fingerprint density at radius 1 is 1.24 bits per heavy atom. The Hall–Kier alpha value is -2.05. The number of nitrogens with one attached hydrogen (secondary N) is 1. The lowest BCUT2D eigenvalue weighted by molar-refractivity contribution is -0.387. The SMILES string of the molecule is CCC(CC)(CC)NC(=O)c1cc(F)cc([N+](=O)[O-])c1F. The lowest BCUT2D eigenvalue weighted by Gasteiger charge is -2.31. The first-order chi connectivity index (χ1) is 9.80. The highest BCUT2D eigenvalue weighted by Gasteiger charge is 2.30. The van der Waals surface area contributed by atoms with Crippen LogP contribution in [0.5, 0.6) is 0 Å². The van der Waals surface area contributed by atoms with Crippen LogP contribution in [-0.2, 0) is 0 Å². The lowest BCUT2D eigenvalue weighted by atomic mass is 9.89. The highest BCUT2D eigenvalue weighted by atomic mass is 19.1. The van der Waals surface area contributed by atoms with Gasteiger partial charge in [0.25, 0.3) is 5.91 Å². The third-order valence-corrected chi connectivity index (χ3v) is 3.87. The molecule has 5 nitrogen and oxygen atoms in total. The molecule has 0 aliphatic carbocycles.